The molecule has 2 aromatic rings. The lowest BCUT2D eigenvalue weighted by molar-refractivity contribution is 0.670. The molecule has 0 aliphatic heterocycles. The average Bonchev–Trinajstić information content (AvgIpc) is 2.53. The van der Waals surface area contributed by atoms with Gasteiger partial charge in [0.25, 0.3) is 0 Å². The molecule has 0 amide bonds. The van der Waals surface area contributed by atoms with Gasteiger partial charge >= 0.3 is 0 Å². The molecule has 0 N–H and O–H groups in total. The second-order valence-corrected chi connectivity index (χ2v) is 5.30. The molecule has 0 atom stereocenters. The van der Waals surface area contributed by atoms with Crippen LogP contribution < -0.4 is 4.90 Å². The highest BCUT2D eigenvalue weighted by molar-refractivity contribution is 6.17. The number of benzene rings is 2. The van der Waals surface area contributed by atoms with E-state index in [0.717, 1.165) is 18.8 Å². The van der Waals surface area contributed by atoms with Crippen molar-refractivity contribution in [3.05, 3.63) is 60.7 Å². The van der Waals surface area contributed by atoms with Gasteiger partial charge in [-0.2, -0.15) is 0 Å². The number of hydrogen-bond acceptors (Lipinski definition) is 1. The van der Waals surface area contributed by atoms with Crippen molar-refractivity contribution < 1.29 is 0 Å². The van der Waals surface area contributed by atoms with Crippen LogP contribution >= 0.6 is 11.6 Å². The minimum Gasteiger partial charge on any atom is -0.341 e. The number of unbranched alkanes of at least 4 members (excludes halogenated alkanes) is 3. The van der Waals surface area contributed by atoms with Gasteiger partial charge in [-0.15, -0.1) is 11.6 Å². The monoisotopic (exact) mass is 287 g/mol. The van der Waals surface area contributed by atoms with Gasteiger partial charge in [0.15, 0.2) is 0 Å². The van der Waals surface area contributed by atoms with Crippen molar-refractivity contribution in [2.45, 2.75) is 25.7 Å². The molecule has 2 aromatic carbocycles. The molecular formula is C18H22ClN. The van der Waals surface area contributed by atoms with Crippen molar-refractivity contribution >= 4 is 23.0 Å². The predicted molar refractivity (Wildman–Crippen MR) is 89.1 cm³/mol. The quantitative estimate of drug-likeness (QED) is 0.450. The van der Waals surface area contributed by atoms with Crippen molar-refractivity contribution in [3.8, 4) is 0 Å². The SMILES string of the molecule is ClCCCCCCN(c1ccccc1)c1ccccc1. The molecule has 0 spiro atoms. The van der Waals surface area contributed by atoms with Gasteiger partial charge in [0.05, 0.1) is 0 Å². The van der Waals surface area contributed by atoms with Gasteiger partial charge < -0.3 is 4.90 Å². The molecule has 0 heterocycles. The van der Waals surface area contributed by atoms with Crippen LogP contribution in [0.2, 0.25) is 0 Å². The highest BCUT2D eigenvalue weighted by atomic mass is 35.5. The second-order valence-electron chi connectivity index (χ2n) is 4.93. The lowest BCUT2D eigenvalue weighted by atomic mass is 10.1. The molecule has 106 valence electrons. The van der Waals surface area contributed by atoms with Gasteiger partial charge in [-0.3, -0.25) is 0 Å². The van der Waals surface area contributed by atoms with E-state index in [0.29, 0.717) is 0 Å². The van der Waals surface area contributed by atoms with E-state index >= 15 is 0 Å². The van der Waals surface area contributed by atoms with E-state index in [1.807, 2.05) is 0 Å². The van der Waals surface area contributed by atoms with E-state index in [-0.39, 0.29) is 0 Å². The Hall–Kier alpha value is -1.47. The first-order valence-corrected chi connectivity index (χ1v) is 7.89. The lowest BCUT2D eigenvalue weighted by Crippen LogP contribution is -2.18. The molecule has 0 saturated heterocycles. The number of nitrogens with zero attached hydrogens (tertiary/aromatic N) is 1. The second kappa shape index (κ2) is 8.65. The van der Waals surface area contributed by atoms with Gasteiger partial charge in [-0.1, -0.05) is 49.2 Å². The molecule has 0 aliphatic carbocycles. The van der Waals surface area contributed by atoms with Crippen LogP contribution in [0.3, 0.4) is 0 Å². The molecule has 0 saturated carbocycles. The van der Waals surface area contributed by atoms with Gasteiger partial charge in [-0.05, 0) is 37.1 Å². The Morgan fingerprint density at radius 2 is 1.15 bits per heavy atom. The number of anilines is 2. The fraction of sp³-hybridized carbons (Fsp3) is 0.333. The van der Waals surface area contributed by atoms with Gasteiger partial charge in [0, 0.05) is 23.8 Å². The van der Waals surface area contributed by atoms with Gasteiger partial charge in [0.1, 0.15) is 0 Å². The highest BCUT2D eigenvalue weighted by Crippen LogP contribution is 2.25. The molecule has 0 unspecified atom stereocenters. The summed E-state index contributed by atoms with van der Waals surface area (Å²) in [5.74, 6) is 0.779. The van der Waals surface area contributed by atoms with Crippen LogP contribution in [0.4, 0.5) is 11.4 Å². The largest absolute Gasteiger partial charge is 0.341 e. The molecule has 0 aliphatic rings. The summed E-state index contributed by atoms with van der Waals surface area (Å²) in [6.07, 6.45) is 4.78. The molecule has 0 fully saturated rings. The maximum Gasteiger partial charge on any atom is 0.0410 e. The zero-order valence-corrected chi connectivity index (χ0v) is 12.6. The first-order valence-electron chi connectivity index (χ1n) is 7.35. The summed E-state index contributed by atoms with van der Waals surface area (Å²) in [4.78, 5) is 2.39. The summed E-state index contributed by atoms with van der Waals surface area (Å²) in [5, 5.41) is 0. The first-order chi connectivity index (χ1) is 9.92. The molecule has 2 heteroatoms. The van der Waals surface area contributed by atoms with E-state index in [1.54, 1.807) is 0 Å². The maximum absolute atomic E-state index is 5.72. The van der Waals surface area contributed by atoms with E-state index < -0.39 is 0 Å². The van der Waals surface area contributed by atoms with Crippen molar-refractivity contribution in [1.82, 2.24) is 0 Å². The zero-order valence-electron chi connectivity index (χ0n) is 11.8. The third kappa shape index (κ3) is 4.57. The Kier molecular flexibility index (Phi) is 6.46. The Labute approximate surface area is 127 Å². The van der Waals surface area contributed by atoms with Crippen LogP contribution in [0.25, 0.3) is 0 Å². The lowest BCUT2D eigenvalue weighted by Gasteiger charge is -2.25. The molecule has 0 bridgehead atoms. The predicted octanol–water partition coefficient (Wildman–Crippen LogP) is 5.62. The van der Waals surface area contributed by atoms with Crippen molar-refractivity contribution in [2.24, 2.45) is 0 Å². The number of para-hydroxylation sites is 2. The molecule has 0 aromatic heterocycles. The number of halogens is 1. The van der Waals surface area contributed by atoms with Crippen LogP contribution in [0, 0.1) is 0 Å². The van der Waals surface area contributed by atoms with Gasteiger partial charge in [0.2, 0.25) is 0 Å². The Morgan fingerprint density at radius 1 is 0.650 bits per heavy atom. The summed E-state index contributed by atoms with van der Waals surface area (Å²) in [5.41, 5.74) is 2.52. The minimum atomic E-state index is 0.779. The van der Waals surface area contributed by atoms with Crippen LogP contribution in [-0.2, 0) is 0 Å². The third-order valence-corrected chi connectivity index (χ3v) is 3.67. The van der Waals surface area contributed by atoms with E-state index in [2.05, 4.69) is 65.6 Å². The Balaban J connectivity index is 2.02. The molecule has 0 radical (unpaired) electrons. The summed E-state index contributed by atoms with van der Waals surface area (Å²) >= 11 is 5.72. The summed E-state index contributed by atoms with van der Waals surface area (Å²) < 4.78 is 0. The van der Waals surface area contributed by atoms with Gasteiger partial charge in [-0.25, -0.2) is 0 Å². The third-order valence-electron chi connectivity index (χ3n) is 3.40. The van der Waals surface area contributed by atoms with E-state index in [9.17, 15) is 0 Å². The first kappa shape index (κ1) is 14.9. The molecule has 1 nitrogen and oxygen atoms in total. The summed E-state index contributed by atoms with van der Waals surface area (Å²) in [6.45, 7) is 1.05. The zero-order chi connectivity index (χ0) is 14.0. The number of hydrogen-bond donors (Lipinski definition) is 0. The topological polar surface area (TPSA) is 3.24 Å². The van der Waals surface area contributed by atoms with Crippen LogP contribution in [0.15, 0.2) is 60.7 Å². The Bertz CT molecular complexity index is 430. The standard InChI is InChI=1S/C18H22ClN/c19-15-9-1-2-10-16-20(17-11-5-3-6-12-17)18-13-7-4-8-14-18/h3-8,11-14H,1-2,9-10,15-16H2. The Morgan fingerprint density at radius 3 is 1.65 bits per heavy atom. The van der Waals surface area contributed by atoms with Crippen LogP contribution in [-0.4, -0.2) is 12.4 Å². The summed E-state index contributed by atoms with van der Waals surface area (Å²) in [7, 11) is 0. The van der Waals surface area contributed by atoms with Crippen molar-refractivity contribution in [2.75, 3.05) is 17.3 Å². The smallest absolute Gasteiger partial charge is 0.0410 e. The fourth-order valence-electron chi connectivity index (χ4n) is 2.34. The number of rotatable bonds is 8. The molecular weight excluding hydrogens is 266 g/mol. The minimum absolute atomic E-state index is 0.779. The molecule has 2 rings (SSSR count). The maximum atomic E-state index is 5.72. The summed E-state index contributed by atoms with van der Waals surface area (Å²) in [6, 6.07) is 21.2. The fourth-order valence-corrected chi connectivity index (χ4v) is 2.53. The highest BCUT2D eigenvalue weighted by Gasteiger charge is 2.07. The number of alkyl halides is 1. The van der Waals surface area contributed by atoms with Crippen LogP contribution in [0.1, 0.15) is 25.7 Å². The average molecular weight is 288 g/mol. The van der Waals surface area contributed by atoms with Crippen molar-refractivity contribution in [3.63, 3.8) is 0 Å². The molecule has 20 heavy (non-hydrogen) atoms. The van der Waals surface area contributed by atoms with E-state index in [1.165, 1.54) is 30.6 Å². The van der Waals surface area contributed by atoms with Crippen molar-refractivity contribution in [1.29, 1.82) is 0 Å². The normalized spacial score (nSPS) is 10.4. The van der Waals surface area contributed by atoms with Crippen LogP contribution in [0.5, 0.6) is 0 Å². The van der Waals surface area contributed by atoms with E-state index in [4.69, 9.17) is 11.6 Å².